The van der Waals surface area contributed by atoms with Crippen molar-refractivity contribution < 1.29 is 31.8 Å². The standard InChI is InChI=1S/C20H18F3N5O5/c1-12(18-24-17(25-33-18)13-3-2-4-14(11-13)20(21,22)23)26-7-9-27(10-8-26)19(29)15-5-6-16(32-15)28(30)31/h2-6,11-12H,7-10H2,1H3. The van der Waals surface area contributed by atoms with Crippen LogP contribution in [0.25, 0.3) is 11.4 Å². The number of aromatic nitrogens is 2. The van der Waals surface area contributed by atoms with E-state index in [1.165, 1.54) is 23.1 Å². The molecule has 33 heavy (non-hydrogen) atoms. The highest BCUT2D eigenvalue weighted by Gasteiger charge is 2.32. The number of nitro groups is 1. The molecule has 174 valence electrons. The van der Waals surface area contributed by atoms with E-state index in [2.05, 4.69) is 10.1 Å². The van der Waals surface area contributed by atoms with Crippen molar-refractivity contribution in [1.82, 2.24) is 19.9 Å². The van der Waals surface area contributed by atoms with E-state index in [1.807, 2.05) is 11.8 Å². The molecule has 0 radical (unpaired) electrons. The summed E-state index contributed by atoms with van der Waals surface area (Å²) in [5.74, 6) is -0.760. The van der Waals surface area contributed by atoms with Gasteiger partial charge in [0.05, 0.1) is 17.7 Å². The van der Waals surface area contributed by atoms with Crippen molar-refractivity contribution in [2.75, 3.05) is 26.2 Å². The number of nitrogens with zero attached hydrogens (tertiary/aromatic N) is 5. The third-order valence-electron chi connectivity index (χ3n) is 5.38. The summed E-state index contributed by atoms with van der Waals surface area (Å²) in [5.41, 5.74) is -0.614. The number of hydrogen-bond donors (Lipinski definition) is 0. The van der Waals surface area contributed by atoms with Gasteiger partial charge in [-0.05, 0) is 25.1 Å². The van der Waals surface area contributed by atoms with E-state index in [1.54, 1.807) is 0 Å². The van der Waals surface area contributed by atoms with Crippen molar-refractivity contribution in [1.29, 1.82) is 0 Å². The zero-order valence-electron chi connectivity index (χ0n) is 17.3. The van der Waals surface area contributed by atoms with Gasteiger partial charge in [-0.3, -0.25) is 19.8 Å². The van der Waals surface area contributed by atoms with E-state index in [0.717, 1.165) is 18.2 Å². The molecule has 1 atom stereocenters. The topological polar surface area (TPSA) is 119 Å². The van der Waals surface area contributed by atoms with Gasteiger partial charge in [0.2, 0.25) is 11.7 Å². The first-order chi connectivity index (χ1) is 15.6. The molecule has 1 unspecified atom stereocenters. The second kappa shape index (κ2) is 8.65. The van der Waals surface area contributed by atoms with Crippen LogP contribution in [0.1, 0.15) is 35.0 Å². The molecule has 1 saturated heterocycles. The second-order valence-electron chi connectivity index (χ2n) is 7.43. The molecule has 13 heteroatoms. The molecule has 1 aliphatic rings. The van der Waals surface area contributed by atoms with Crippen molar-refractivity contribution >= 4 is 11.8 Å². The maximum Gasteiger partial charge on any atom is 0.433 e. The number of furan rings is 1. The SMILES string of the molecule is CC(c1nc(-c2cccc(C(F)(F)F)c2)no1)N1CCN(C(=O)c2ccc([N+](=O)[O-])o2)CC1. The summed E-state index contributed by atoms with van der Waals surface area (Å²) in [6.45, 7) is 3.41. The van der Waals surface area contributed by atoms with E-state index in [0.29, 0.717) is 26.2 Å². The van der Waals surface area contributed by atoms with Gasteiger partial charge in [0.15, 0.2) is 5.76 Å². The zero-order valence-corrected chi connectivity index (χ0v) is 17.3. The van der Waals surface area contributed by atoms with E-state index in [-0.39, 0.29) is 29.1 Å². The number of amides is 1. The van der Waals surface area contributed by atoms with Crippen LogP contribution >= 0.6 is 0 Å². The van der Waals surface area contributed by atoms with Crippen molar-refractivity contribution in [3.63, 3.8) is 0 Å². The van der Waals surface area contributed by atoms with Crippen LogP contribution in [0.15, 0.2) is 45.3 Å². The molecule has 3 aromatic rings. The first-order valence-corrected chi connectivity index (χ1v) is 9.92. The number of rotatable bonds is 5. The van der Waals surface area contributed by atoms with Gasteiger partial charge in [0.25, 0.3) is 5.91 Å². The second-order valence-corrected chi connectivity index (χ2v) is 7.43. The molecular weight excluding hydrogens is 447 g/mol. The van der Waals surface area contributed by atoms with E-state index in [4.69, 9.17) is 8.94 Å². The van der Waals surface area contributed by atoms with Crippen LogP contribution in [-0.4, -0.2) is 56.9 Å². The molecule has 1 aromatic carbocycles. The normalized spacial score (nSPS) is 16.1. The maximum absolute atomic E-state index is 13.0. The molecule has 0 saturated carbocycles. The minimum atomic E-state index is -4.48. The quantitative estimate of drug-likeness (QED) is 0.413. The van der Waals surface area contributed by atoms with Crippen LogP contribution in [-0.2, 0) is 6.18 Å². The van der Waals surface area contributed by atoms with Crippen LogP contribution < -0.4 is 0 Å². The van der Waals surface area contributed by atoms with E-state index in [9.17, 15) is 28.1 Å². The fraction of sp³-hybridized carbons (Fsp3) is 0.350. The largest absolute Gasteiger partial charge is 0.433 e. The Balaban J connectivity index is 1.39. The van der Waals surface area contributed by atoms with Crippen LogP contribution in [0, 0.1) is 10.1 Å². The predicted molar refractivity (Wildman–Crippen MR) is 106 cm³/mol. The lowest BCUT2D eigenvalue weighted by molar-refractivity contribution is -0.402. The molecule has 0 aliphatic carbocycles. The summed E-state index contributed by atoms with van der Waals surface area (Å²) in [4.78, 5) is 30.3. The highest BCUT2D eigenvalue weighted by atomic mass is 19.4. The van der Waals surface area contributed by atoms with Crippen LogP contribution in [0.5, 0.6) is 0 Å². The average molecular weight is 465 g/mol. The lowest BCUT2D eigenvalue weighted by atomic mass is 10.1. The fourth-order valence-electron chi connectivity index (χ4n) is 3.52. The summed E-state index contributed by atoms with van der Waals surface area (Å²) in [6, 6.07) is 6.74. The fourth-order valence-corrected chi connectivity index (χ4v) is 3.52. The molecule has 4 rings (SSSR count). The Kier molecular flexibility index (Phi) is 5.89. The minimum absolute atomic E-state index is 0.0520. The molecule has 10 nitrogen and oxygen atoms in total. The molecule has 0 N–H and O–H groups in total. The Morgan fingerprint density at radius 1 is 1.18 bits per heavy atom. The molecule has 1 aliphatic heterocycles. The monoisotopic (exact) mass is 465 g/mol. The summed E-state index contributed by atoms with van der Waals surface area (Å²) < 4.78 is 49.1. The maximum atomic E-state index is 13.0. The Hall–Kier alpha value is -3.74. The van der Waals surface area contributed by atoms with Crippen LogP contribution in [0.2, 0.25) is 0 Å². The van der Waals surface area contributed by atoms with E-state index < -0.39 is 28.5 Å². The average Bonchev–Trinajstić information content (AvgIpc) is 3.48. The molecule has 3 heterocycles. The van der Waals surface area contributed by atoms with Crippen LogP contribution in [0.3, 0.4) is 0 Å². The number of piperazine rings is 1. The zero-order chi connectivity index (χ0) is 23.8. The number of benzene rings is 1. The molecule has 0 bridgehead atoms. The van der Waals surface area contributed by atoms with Gasteiger partial charge in [-0.2, -0.15) is 18.2 Å². The van der Waals surface area contributed by atoms with E-state index >= 15 is 0 Å². The van der Waals surface area contributed by atoms with Crippen molar-refractivity contribution in [3.05, 3.63) is 63.7 Å². The van der Waals surface area contributed by atoms with Gasteiger partial charge in [0.1, 0.15) is 4.92 Å². The summed E-state index contributed by atoms with van der Waals surface area (Å²) in [7, 11) is 0. The first kappa shape index (κ1) is 22.5. The smallest absolute Gasteiger partial charge is 0.395 e. The molecule has 1 amide bonds. The molecular formula is C20H18F3N5O5. The lowest BCUT2D eigenvalue weighted by Gasteiger charge is -2.36. The van der Waals surface area contributed by atoms with Gasteiger partial charge in [-0.25, -0.2) is 0 Å². The number of alkyl halides is 3. The minimum Gasteiger partial charge on any atom is -0.395 e. The lowest BCUT2D eigenvalue weighted by Crippen LogP contribution is -2.49. The van der Waals surface area contributed by atoms with Crippen molar-refractivity contribution in [2.45, 2.75) is 19.1 Å². The number of halogens is 3. The van der Waals surface area contributed by atoms with Crippen molar-refractivity contribution in [3.8, 4) is 11.4 Å². The van der Waals surface area contributed by atoms with Gasteiger partial charge >= 0.3 is 12.1 Å². The summed E-state index contributed by atoms with van der Waals surface area (Å²) in [6.07, 6.45) is -4.48. The van der Waals surface area contributed by atoms with Gasteiger partial charge < -0.3 is 13.8 Å². The molecule has 2 aromatic heterocycles. The van der Waals surface area contributed by atoms with Gasteiger partial charge in [-0.15, -0.1) is 0 Å². The summed E-state index contributed by atoms with van der Waals surface area (Å²) >= 11 is 0. The third-order valence-corrected chi connectivity index (χ3v) is 5.38. The number of hydrogen-bond acceptors (Lipinski definition) is 8. The van der Waals surface area contributed by atoms with Gasteiger partial charge in [-0.1, -0.05) is 17.3 Å². The van der Waals surface area contributed by atoms with Crippen molar-refractivity contribution in [2.24, 2.45) is 0 Å². The first-order valence-electron chi connectivity index (χ1n) is 9.92. The number of carbonyl (C=O) groups is 1. The Morgan fingerprint density at radius 2 is 1.91 bits per heavy atom. The van der Waals surface area contributed by atoms with Crippen LogP contribution in [0.4, 0.5) is 19.1 Å². The van der Waals surface area contributed by atoms with Gasteiger partial charge in [0, 0.05) is 31.7 Å². The highest BCUT2D eigenvalue weighted by Crippen LogP contribution is 2.32. The highest BCUT2D eigenvalue weighted by molar-refractivity contribution is 5.91. The molecule has 1 fully saturated rings. The Labute approximate surface area is 184 Å². The molecule has 0 spiro atoms. The Bertz CT molecular complexity index is 1170. The Morgan fingerprint density at radius 3 is 2.55 bits per heavy atom. The third kappa shape index (κ3) is 4.72. The predicted octanol–water partition coefficient (Wildman–Crippen LogP) is 3.78. The summed E-state index contributed by atoms with van der Waals surface area (Å²) in [5, 5.41) is 14.5. The number of carbonyl (C=O) groups excluding carboxylic acids is 1.